The minimum absolute atomic E-state index is 0.0462. The van der Waals surface area contributed by atoms with E-state index in [-0.39, 0.29) is 23.0 Å². The molecule has 2 aromatic carbocycles. The van der Waals surface area contributed by atoms with Crippen molar-refractivity contribution in [3.05, 3.63) is 64.7 Å². The van der Waals surface area contributed by atoms with Crippen LogP contribution in [-0.4, -0.2) is 32.4 Å². The van der Waals surface area contributed by atoms with Gasteiger partial charge in [-0.2, -0.15) is 0 Å². The van der Waals surface area contributed by atoms with Gasteiger partial charge in [-0.1, -0.05) is 36.7 Å². The van der Waals surface area contributed by atoms with Crippen LogP contribution in [-0.2, 0) is 26.1 Å². The van der Waals surface area contributed by atoms with Crippen molar-refractivity contribution in [2.24, 2.45) is 0 Å². The minimum Gasteiger partial charge on any atom is -0.449 e. The maximum Gasteiger partial charge on any atom is 0.338 e. The Balaban J connectivity index is 1.95. The van der Waals surface area contributed by atoms with Crippen LogP contribution >= 0.6 is 11.6 Å². The van der Waals surface area contributed by atoms with Gasteiger partial charge in [0.25, 0.3) is 5.91 Å². The van der Waals surface area contributed by atoms with Crippen LogP contribution in [0.4, 0.5) is 0 Å². The second-order valence-corrected chi connectivity index (χ2v) is 8.93. The van der Waals surface area contributed by atoms with Crippen LogP contribution in [0.15, 0.2) is 53.4 Å². The minimum atomic E-state index is -3.66. The molecule has 2 rings (SSSR count). The molecule has 7 nitrogen and oxygen atoms in total. The summed E-state index contributed by atoms with van der Waals surface area (Å²) in [6.07, 6.45) is -0.379. The van der Waals surface area contributed by atoms with Gasteiger partial charge in [0.15, 0.2) is 6.10 Å². The summed E-state index contributed by atoms with van der Waals surface area (Å²) in [5, 5.41) is 3.19. The molecule has 0 saturated heterocycles. The number of amides is 1. The van der Waals surface area contributed by atoms with Gasteiger partial charge in [-0.3, -0.25) is 4.79 Å². The number of carbonyl (C=O) groups excluding carboxylic acids is 2. The molecule has 2 unspecified atom stereocenters. The van der Waals surface area contributed by atoms with Gasteiger partial charge in [-0.25, -0.2) is 17.9 Å². The van der Waals surface area contributed by atoms with E-state index in [1.54, 1.807) is 31.2 Å². The Morgan fingerprint density at radius 1 is 1.07 bits per heavy atom. The molecule has 2 aromatic rings. The predicted octanol–water partition coefficient (Wildman–Crippen LogP) is 3.28. The van der Waals surface area contributed by atoms with Gasteiger partial charge in [-0.15, -0.1) is 0 Å². The third-order valence-electron chi connectivity index (χ3n) is 4.43. The summed E-state index contributed by atoms with van der Waals surface area (Å²) in [5.74, 6) is -1.20. The summed E-state index contributed by atoms with van der Waals surface area (Å²) in [6, 6.07) is 12.2. The molecule has 1 amide bonds. The molecule has 0 fully saturated rings. The molecule has 0 heterocycles. The van der Waals surface area contributed by atoms with Crippen molar-refractivity contribution in [3.63, 3.8) is 0 Å². The van der Waals surface area contributed by atoms with E-state index >= 15 is 0 Å². The zero-order chi connectivity index (χ0) is 22.3. The second kappa shape index (κ2) is 10.6. The van der Waals surface area contributed by atoms with E-state index in [0.29, 0.717) is 11.4 Å². The molecule has 0 saturated carbocycles. The zero-order valence-electron chi connectivity index (χ0n) is 17.0. The Morgan fingerprint density at radius 2 is 1.70 bits per heavy atom. The molecule has 0 bridgehead atoms. The fraction of sp³-hybridized carbons (Fsp3) is 0.333. The quantitative estimate of drug-likeness (QED) is 0.568. The number of hydrogen-bond donors (Lipinski definition) is 2. The Bertz CT molecular complexity index is 993. The highest BCUT2D eigenvalue weighted by molar-refractivity contribution is 7.89. The van der Waals surface area contributed by atoms with E-state index in [2.05, 4.69) is 10.0 Å². The van der Waals surface area contributed by atoms with E-state index in [4.69, 9.17) is 16.3 Å². The lowest BCUT2D eigenvalue weighted by Gasteiger charge is -2.15. The average Bonchev–Trinajstić information content (AvgIpc) is 2.72. The van der Waals surface area contributed by atoms with Crippen molar-refractivity contribution in [1.82, 2.24) is 10.0 Å². The number of halogens is 1. The van der Waals surface area contributed by atoms with Gasteiger partial charge < -0.3 is 10.1 Å². The smallest absolute Gasteiger partial charge is 0.338 e. The number of ether oxygens (including phenoxy) is 1. The SMILES string of the molecule is CCC(C)NS(=O)(=O)c1ccc(C(=O)OC(C)C(=O)NCc2ccccc2Cl)cc1. The highest BCUT2D eigenvalue weighted by Gasteiger charge is 2.21. The molecule has 0 radical (unpaired) electrons. The maximum absolute atomic E-state index is 12.3. The number of esters is 1. The lowest BCUT2D eigenvalue weighted by Crippen LogP contribution is -2.35. The van der Waals surface area contributed by atoms with Gasteiger partial charge in [0, 0.05) is 17.6 Å². The van der Waals surface area contributed by atoms with Crippen molar-refractivity contribution in [1.29, 1.82) is 0 Å². The van der Waals surface area contributed by atoms with E-state index in [1.165, 1.54) is 31.2 Å². The van der Waals surface area contributed by atoms with E-state index in [0.717, 1.165) is 5.56 Å². The first-order chi connectivity index (χ1) is 14.1. The number of benzene rings is 2. The molecule has 9 heteroatoms. The van der Waals surface area contributed by atoms with Crippen LogP contribution in [0, 0.1) is 0 Å². The number of rotatable bonds is 9. The molecule has 2 N–H and O–H groups in total. The largest absolute Gasteiger partial charge is 0.449 e. The number of nitrogens with one attached hydrogen (secondary N) is 2. The Hall–Kier alpha value is -2.42. The third-order valence-corrected chi connectivity index (χ3v) is 6.41. The molecule has 2 atom stereocenters. The van der Waals surface area contributed by atoms with E-state index < -0.39 is 28.0 Å². The molecule has 0 aromatic heterocycles. The van der Waals surface area contributed by atoms with Crippen LogP contribution in [0.5, 0.6) is 0 Å². The van der Waals surface area contributed by atoms with Crippen molar-refractivity contribution < 1.29 is 22.7 Å². The molecule has 30 heavy (non-hydrogen) atoms. The molecular formula is C21H25ClN2O5S. The normalized spacial score (nSPS) is 13.3. The van der Waals surface area contributed by atoms with Crippen molar-refractivity contribution in [2.45, 2.75) is 50.8 Å². The number of sulfonamides is 1. The van der Waals surface area contributed by atoms with Gasteiger partial charge in [0.1, 0.15) is 0 Å². The lowest BCUT2D eigenvalue weighted by atomic mass is 10.2. The standard InChI is InChI=1S/C21H25ClN2O5S/c1-4-14(2)24-30(27,28)18-11-9-16(10-12-18)21(26)29-15(3)20(25)23-13-17-7-5-6-8-19(17)22/h5-12,14-15,24H,4,13H2,1-3H3,(H,23,25). The summed E-state index contributed by atoms with van der Waals surface area (Å²) in [6.45, 7) is 5.30. The van der Waals surface area contributed by atoms with Gasteiger partial charge in [-0.05, 0) is 56.2 Å². The molecular weight excluding hydrogens is 428 g/mol. The zero-order valence-corrected chi connectivity index (χ0v) is 18.6. The molecule has 0 spiro atoms. The highest BCUT2D eigenvalue weighted by atomic mass is 35.5. The van der Waals surface area contributed by atoms with Crippen molar-refractivity contribution in [2.75, 3.05) is 0 Å². The van der Waals surface area contributed by atoms with Crippen LogP contribution in [0.25, 0.3) is 0 Å². The predicted molar refractivity (Wildman–Crippen MR) is 115 cm³/mol. The summed E-state index contributed by atoms with van der Waals surface area (Å²) in [7, 11) is -3.66. The topological polar surface area (TPSA) is 102 Å². The number of carbonyl (C=O) groups is 2. The number of hydrogen-bond acceptors (Lipinski definition) is 5. The maximum atomic E-state index is 12.3. The van der Waals surface area contributed by atoms with Gasteiger partial charge in [0.05, 0.1) is 10.5 Å². The summed E-state index contributed by atoms with van der Waals surface area (Å²) >= 11 is 6.05. The molecule has 0 aliphatic carbocycles. The highest BCUT2D eigenvalue weighted by Crippen LogP contribution is 2.15. The molecule has 0 aliphatic heterocycles. The van der Waals surface area contributed by atoms with Crippen LogP contribution in [0.1, 0.15) is 43.1 Å². The second-order valence-electron chi connectivity index (χ2n) is 6.81. The van der Waals surface area contributed by atoms with Crippen LogP contribution in [0.3, 0.4) is 0 Å². The van der Waals surface area contributed by atoms with Gasteiger partial charge in [0.2, 0.25) is 10.0 Å². The third kappa shape index (κ3) is 6.55. The van der Waals surface area contributed by atoms with Crippen molar-refractivity contribution in [3.8, 4) is 0 Å². The van der Waals surface area contributed by atoms with E-state index in [9.17, 15) is 18.0 Å². The van der Waals surface area contributed by atoms with Crippen LogP contribution in [0.2, 0.25) is 5.02 Å². The monoisotopic (exact) mass is 452 g/mol. The Morgan fingerprint density at radius 3 is 2.30 bits per heavy atom. The summed E-state index contributed by atoms with van der Waals surface area (Å²) in [4.78, 5) is 24.5. The molecule has 0 aliphatic rings. The summed E-state index contributed by atoms with van der Waals surface area (Å²) in [5.41, 5.74) is 0.886. The van der Waals surface area contributed by atoms with Crippen LogP contribution < -0.4 is 10.0 Å². The fourth-order valence-electron chi connectivity index (χ4n) is 2.44. The summed E-state index contributed by atoms with van der Waals surface area (Å²) < 4.78 is 32.3. The Kier molecular flexibility index (Phi) is 8.40. The first-order valence-electron chi connectivity index (χ1n) is 9.48. The first kappa shape index (κ1) is 23.9. The average molecular weight is 453 g/mol. The van der Waals surface area contributed by atoms with Gasteiger partial charge >= 0.3 is 5.97 Å². The van der Waals surface area contributed by atoms with E-state index in [1.807, 2.05) is 6.92 Å². The lowest BCUT2D eigenvalue weighted by molar-refractivity contribution is -0.129. The van der Waals surface area contributed by atoms with Crippen molar-refractivity contribution >= 4 is 33.5 Å². The fourth-order valence-corrected chi connectivity index (χ4v) is 3.97. The first-order valence-corrected chi connectivity index (χ1v) is 11.3. The molecule has 162 valence electrons. The Labute approximate surface area is 181 Å².